The van der Waals surface area contributed by atoms with Crippen LogP contribution in [-0.4, -0.2) is 6.61 Å². The molecule has 4 heteroatoms. The monoisotopic (exact) mass is 216 g/mol. The number of hydrogen-bond acceptors (Lipinski definition) is 3. The van der Waals surface area contributed by atoms with E-state index in [1.165, 1.54) is 18.2 Å². The molecule has 0 amide bonds. The van der Waals surface area contributed by atoms with Crippen molar-refractivity contribution in [1.82, 2.24) is 0 Å². The minimum absolute atomic E-state index is 0.136. The van der Waals surface area contributed by atoms with Crippen molar-refractivity contribution in [1.29, 1.82) is 10.5 Å². The van der Waals surface area contributed by atoms with Crippen LogP contribution in [0, 0.1) is 28.5 Å². The normalized spacial score (nSPS) is 8.75. The predicted octanol–water partition coefficient (Wildman–Crippen LogP) is 2.65. The Labute approximate surface area is 93.0 Å². The molecular formula is C12H9FN2O. The van der Waals surface area contributed by atoms with E-state index in [2.05, 4.69) is 0 Å². The first-order valence-electron chi connectivity index (χ1n) is 4.65. The highest BCUT2D eigenvalue weighted by molar-refractivity contribution is 5.62. The topological polar surface area (TPSA) is 56.8 Å². The highest BCUT2D eigenvalue weighted by Gasteiger charge is 2.03. The van der Waals surface area contributed by atoms with Gasteiger partial charge in [-0.05, 0) is 25.1 Å². The van der Waals surface area contributed by atoms with Gasteiger partial charge in [0, 0.05) is 11.6 Å². The summed E-state index contributed by atoms with van der Waals surface area (Å²) in [6, 6.07) is 7.62. The largest absolute Gasteiger partial charge is 0.494 e. The molecule has 0 N–H and O–H groups in total. The third kappa shape index (κ3) is 2.83. The summed E-state index contributed by atoms with van der Waals surface area (Å²) in [5, 5.41) is 17.1. The maximum atomic E-state index is 13.5. The summed E-state index contributed by atoms with van der Waals surface area (Å²) in [6.45, 7) is 2.26. The molecule has 3 nitrogen and oxygen atoms in total. The van der Waals surface area contributed by atoms with E-state index in [1.54, 1.807) is 25.1 Å². The van der Waals surface area contributed by atoms with Crippen LogP contribution in [-0.2, 0) is 0 Å². The van der Waals surface area contributed by atoms with Crippen LogP contribution in [0.4, 0.5) is 4.39 Å². The molecule has 80 valence electrons. The van der Waals surface area contributed by atoms with Crippen molar-refractivity contribution >= 4 is 6.08 Å². The fourth-order valence-corrected chi connectivity index (χ4v) is 1.13. The quantitative estimate of drug-likeness (QED) is 0.730. The Morgan fingerprint density at radius 1 is 1.44 bits per heavy atom. The van der Waals surface area contributed by atoms with Gasteiger partial charge >= 0.3 is 0 Å². The first-order valence-corrected chi connectivity index (χ1v) is 4.65. The highest BCUT2D eigenvalue weighted by Crippen LogP contribution is 2.18. The molecule has 0 aliphatic carbocycles. The third-order valence-corrected chi connectivity index (χ3v) is 1.82. The fourth-order valence-electron chi connectivity index (χ4n) is 1.13. The summed E-state index contributed by atoms with van der Waals surface area (Å²) >= 11 is 0. The molecule has 0 aromatic heterocycles. The van der Waals surface area contributed by atoms with Crippen LogP contribution >= 0.6 is 0 Å². The van der Waals surface area contributed by atoms with Gasteiger partial charge in [-0.25, -0.2) is 4.39 Å². The van der Waals surface area contributed by atoms with Gasteiger partial charge in [-0.3, -0.25) is 0 Å². The molecule has 0 aliphatic heterocycles. The minimum atomic E-state index is -0.519. The van der Waals surface area contributed by atoms with Crippen LogP contribution in [0.1, 0.15) is 12.5 Å². The maximum Gasteiger partial charge on any atom is 0.134 e. The van der Waals surface area contributed by atoms with E-state index in [0.29, 0.717) is 12.4 Å². The summed E-state index contributed by atoms with van der Waals surface area (Å²) < 4.78 is 18.6. The second-order valence-electron chi connectivity index (χ2n) is 2.90. The zero-order valence-corrected chi connectivity index (χ0v) is 8.70. The van der Waals surface area contributed by atoms with Crippen LogP contribution in [0.15, 0.2) is 23.8 Å². The Bertz CT molecular complexity index is 479. The lowest BCUT2D eigenvalue weighted by molar-refractivity contribution is 0.338. The SMILES string of the molecule is CCOc1ccc(C=C(C#N)C#N)c(F)c1. The van der Waals surface area contributed by atoms with Gasteiger partial charge in [0.2, 0.25) is 0 Å². The Balaban J connectivity index is 3.06. The van der Waals surface area contributed by atoms with E-state index >= 15 is 0 Å². The Morgan fingerprint density at radius 3 is 2.62 bits per heavy atom. The molecular weight excluding hydrogens is 207 g/mol. The van der Waals surface area contributed by atoms with E-state index in [1.807, 2.05) is 0 Å². The highest BCUT2D eigenvalue weighted by atomic mass is 19.1. The van der Waals surface area contributed by atoms with Crippen molar-refractivity contribution in [3.63, 3.8) is 0 Å². The Morgan fingerprint density at radius 2 is 2.12 bits per heavy atom. The van der Waals surface area contributed by atoms with Crippen molar-refractivity contribution in [2.24, 2.45) is 0 Å². The maximum absolute atomic E-state index is 13.5. The number of nitrogens with zero attached hydrogens (tertiary/aromatic N) is 2. The van der Waals surface area contributed by atoms with Crippen molar-refractivity contribution < 1.29 is 9.13 Å². The van der Waals surface area contributed by atoms with Crippen molar-refractivity contribution in [3.05, 3.63) is 35.2 Å². The summed E-state index contributed by atoms with van der Waals surface area (Å²) in [5.74, 6) is -0.0958. The Kier molecular flexibility index (Phi) is 4.06. The number of benzene rings is 1. The van der Waals surface area contributed by atoms with Crippen molar-refractivity contribution in [3.8, 4) is 17.9 Å². The van der Waals surface area contributed by atoms with E-state index in [0.717, 1.165) is 0 Å². The van der Waals surface area contributed by atoms with Crippen LogP contribution in [0.2, 0.25) is 0 Å². The van der Waals surface area contributed by atoms with Crippen molar-refractivity contribution in [2.75, 3.05) is 6.61 Å². The zero-order chi connectivity index (χ0) is 12.0. The minimum Gasteiger partial charge on any atom is -0.494 e. The lowest BCUT2D eigenvalue weighted by Gasteiger charge is -2.03. The fraction of sp³-hybridized carbons (Fsp3) is 0.167. The molecule has 0 bridgehead atoms. The van der Waals surface area contributed by atoms with Gasteiger partial charge in [0.25, 0.3) is 0 Å². The van der Waals surface area contributed by atoms with Crippen LogP contribution in [0.25, 0.3) is 6.08 Å². The van der Waals surface area contributed by atoms with Gasteiger partial charge in [-0.1, -0.05) is 0 Å². The lowest BCUT2D eigenvalue weighted by Crippen LogP contribution is -1.93. The zero-order valence-electron chi connectivity index (χ0n) is 8.70. The smallest absolute Gasteiger partial charge is 0.134 e. The molecule has 0 unspecified atom stereocenters. The Hall–Kier alpha value is -2.33. The van der Waals surface area contributed by atoms with Gasteiger partial charge in [0.15, 0.2) is 0 Å². The molecule has 0 saturated carbocycles. The standard InChI is InChI=1S/C12H9FN2O/c1-2-16-11-4-3-10(12(13)6-11)5-9(7-14)8-15/h3-6H,2H2,1H3. The molecule has 1 aromatic rings. The van der Waals surface area contributed by atoms with E-state index in [9.17, 15) is 4.39 Å². The van der Waals surface area contributed by atoms with Gasteiger partial charge in [-0.15, -0.1) is 0 Å². The second kappa shape index (κ2) is 5.53. The first-order chi connectivity index (χ1) is 7.71. The summed E-state index contributed by atoms with van der Waals surface area (Å²) in [5.41, 5.74) is 0.0598. The average Bonchev–Trinajstić information content (AvgIpc) is 2.29. The molecule has 0 aliphatic rings. The molecule has 0 fully saturated rings. The van der Waals surface area contributed by atoms with Crippen LogP contribution in [0.5, 0.6) is 5.75 Å². The lowest BCUT2D eigenvalue weighted by atomic mass is 10.1. The summed E-state index contributed by atoms with van der Waals surface area (Å²) in [6.07, 6.45) is 1.20. The summed E-state index contributed by atoms with van der Waals surface area (Å²) in [7, 11) is 0. The molecule has 1 rings (SSSR count). The van der Waals surface area contributed by atoms with Crippen LogP contribution in [0.3, 0.4) is 0 Å². The third-order valence-electron chi connectivity index (χ3n) is 1.82. The summed E-state index contributed by atoms with van der Waals surface area (Å²) in [4.78, 5) is 0. The number of rotatable bonds is 3. The number of nitriles is 2. The van der Waals surface area contributed by atoms with Gasteiger partial charge in [-0.2, -0.15) is 10.5 Å². The molecule has 16 heavy (non-hydrogen) atoms. The van der Waals surface area contributed by atoms with E-state index < -0.39 is 5.82 Å². The van der Waals surface area contributed by atoms with Crippen molar-refractivity contribution in [2.45, 2.75) is 6.92 Å². The number of hydrogen-bond donors (Lipinski definition) is 0. The van der Waals surface area contributed by atoms with Gasteiger partial charge < -0.3 is 4.74 Å². The van der Waals surface area contributed by atoms with Gasteiger partial charge in [0.1, 0.15) is 29.3 Å². The van der Waals surface area contributed by atoms with E-state index in [4.69, 9.17) is 15.3 Å². The molecule has 0 heterocycles. The number of ether oxygens (including phenoxy) is 1. The molecule has 0 atom stereocenters. The van der Waals surface area contributed by atoms with E-state index in [-0.39, 0.29) is 11.1 Å². The molecule has 0 radical (unpaired) electrons. The molecule has 0 spiro atoms. The average molecular weight is 216 g/mol. The molecule has 1 aromatic carbocycles. The predicted molar refractivity (Wildman–Crippen MR) is 56.8 cm³/mol. The number of halogens is 1. The molecule has 0 saturated heterocycles. The second-order valence-corrected chi connectivity index (χ2v) is 2.90. The number of allylic oxidation sites excluding steroid dienone is 1. The first kappa shape index (κ1) is 11.7. The van der Waals surface area contributed by atoms with Crippen LogP contribution < -0.4 is 4.74 Å². The van der Waals surface area contributed by atoms with Gasteiger partial charge in [0.05, 0.1) is 6.61 Å².